The van der Waals surface area contributed by atoms with Crippen molar-refractivity contribution in [1.29, 1.82) is 0 Å². The zero-order valence-corrected chi connectivity index (χ0v) is 11.0. The molecule has 2 heterocycles. The van der Waals surface area contributed by atoms with Crippen molar-refractivity contribution in [3.05, 3.63) is 29.8 Å². The molecule has 0 aromatic heterocycles. The Balaban J connectivity index is 1.91. The third-order valence-corrected chi connectivity index (χ3v) is 4.34. The van der Waals surface area contributed by atoms with Crippen molar-refractivity contribution in [3.8, 4) is 0 Å². The van der Waals surface area contributed by atoms with E-state index in [4.69, 9.17) is 0 Å². The van der Waals surface area contributed by atoms with Crippen LogP contribution in [0.15, 0.2) is 24.3 Å². The number of hydrogen-bond donors (Lipinski definition) is 1. The van der Waals surface area contributed by atoms with Gasteiger partial charge in [-0.25, -0.2) is 0 Å². The Hall–Kier alpha value is -1.51. The lowest BCUT2D eigenvalue weighted by Gasteiger charge is -2.21. The highest BCUT2D eigenvalue weighted by Gasteiger charge is 2.38. The minimum Gasteiger partial charge on any atom is -0.382 e. The summed E-state index contributed by atoms with van der Waals surface area (Å²) in [6.07, 6.45) is 1.13. The predicted octanol–water partition coefficient (Wildman–Crippen LogP) is 2.60. The minimum atomic E-state index is 0.198. The van der Waals surface area contributed by atoms with Gasteiger partial charge in [-0.2, -0.15) is 0 Å². The molecule has 2 aliphatic rings. The van der Waals surface area contributed by atoms with Crippen molar-refractivity contribution in [1.82, 2.24) is 4.90 Å². The Bertz CT molecular complexity index is 469. The second-order valence-electron chi connectivity index (χ2n) is 5.78. The second-order valence-corrected chi connectivity index (χ2v) is 5.78. The maximum atomic E-state index is 12.6. The van der Waals surface area contributed by atoms with Crippen molar-refractivity contribution in [3.63, 3.8) is 0 Å². The molecule has 18 heavy (non-hydrogen) atoms. The van der Waals surface area contributed by atoms with E-state index in [1.165, 1.54) is 0 Å². The molecule has 1 fully saturated rings. The number of carbonyl (C=O) groups excluding carboxylic acids is 1. The maximum absolute atomic E-state index is 12.6. The van der Waals surface area contributed by atoms with Crippen molar-refractivity contribution in [2.24, 2.45) is 11.8 Å². The largest absolute Gasteiger partial charge is 0.382 e. The van der Waals surface area contributed by atoms with Gasteiger partial charge >= 0.3 is 0 Å². The number of nitrogens with zero attached hydrogens (tertiary/aromatic N) is 1. The molecular formula is C15H20N2O. The molecule has 3 heteroatoms. The standard InChI is InChI=1S/C15H20N2O/c1-10(2)11-7-12-8-16-14-6-4-3-5-13(14)15(18)17(12)9-11/h3-6,10-12,16H,7-9H2,1-2H3/t11-,12-/m0/s1. The highest BCUT2D eigenvalue weighted by Crippen LogP contribution is 2.33. The highest BCUT2D eigenvalue weighted by molar-refractivity contribution is 6.00. The SMILES string of the molecule is CC(C)[C@H]1C[C@H]2CNc3ccccc3C(=O)N2C1. The van der Waals surface area contributed by atoms with Gasteiger partial charge in [-0.05, 0) is 30.4 Å². The molecular weight excluding hydrogens is 224 g/mol. The van der Waals surface area contributed by atoms with E-state index in [0.29, 0.717) is 17.9 Å². The number of hydrogen-bond acceptors (Lipinski definition) is 2. The number of rotatable bonds is 1. The fourth-order valence-electron chi connectivity index (χ4n) is 3.08. The predicted molar refractivity (Wildman–Crippen MR) is 72.7 cm³/mol. The van der Waals surface area contributed by atoms with Crippen LogP contribution in [0.5, 0.6) is 0 Å². The zero-order valence-electron chi connectivity index (χ0n) is 11.0. The Morgan fingerprint density at radius 1 is 1.33 bits per heavy atom. The summed E-state index contributed by atoms with van der Waals surface area (Å²) in [6.45, 7) is 6.30. The van der Waals surface area contributed by atoms with E-state index >= 15 is 0 Å². The second kappa shape index (κ2) is 4.30. The molecule has 0 radical (unpaired) electrons. The van der Waals surface area contributed by atoms with Crippen LogP contribution in [0.3, 0.4) is 0 Å². The van der Waals surface area contributed by atoms with Crippen LogP contribution in [-0.2, 0) is 0 Å². The molecule has 1 aromatic rings. The number of fused-ring (bicyclic) bond motifs is 2. The van der Waals surface area contributed by atoms with Crippen LogP contribution in [0.25, 0.3) is 0 Å². The van der Waals surface area contributed by atoms with Gasteiger partial charge in [-0.15, -0.1) is 0 Å². The van der Waals surface area contributed by atoms with Crippen LogP contribution in [0.1, 0.15) is 30.6 Å². The quantitative estimate of drug-likeness (QED) is 0.823. The first-order valence-corrected chi connectivity index (χ1v) is 6.80. The average molecular weight is 244 g/mol. The van der Waals surface area contributed by atoms with E-state index in [-0.39, 0.29) is 5.91 Å². The zero-order chi connectivity index (χ0) is 12.7. The third-order valence-electron chi connectivity index (χ3n) is 4.34. The van der Waals surface area contributed by atoms with E-state index in [9.17, 15) is 4.79 Å². The van der Waals surface area contributed by atoms with Gasteiger partial charge in [0.1, 0.15) is 0 Å². The van der Waals surface area contributed by atoms with Gasteiger partial charge in [0, 0.05) is 24.8 Å². The van der Waals surface area contributed by atoms with Crippen molar-refractivity contribution in [2.45, 2.75) is 26.3 Å². The highest BCUT2D eigenvalue weighted by atomic mass is 16.2. The third kappa shape index (κ3) is 1.78. The van der Waals surface area contributed by atoms with E-state index in [1.807, 2.05) is 24.3 Å². The first-order valence-electron chi connectivity index (χ1n) is 6.80. The normalized spacial score (nSPS) is 26.6. The molecule has 1 saturated heterocycles. The van der Waals surface area contributed by atoms with Gasteiger partial charge in [0.2, 0.25) is 0 Å². The van der Waals surface area contributed by atoms with Crippen LogP contribution in [-0.4, -0.2) is 29.9 Å². The molecule has 3 rings (SSSR count). The number of para-hydroxylation sites is 1. The summed E-state index contributed by atoms with van der Waals surface area (Å²) >= 11 is 0. The van der Waals surface area contributed by atoms with Crippen LogP contribution < -0.4 is 5.32 Å². The van der Waals surface area contributed by atoms with E-state index in [1.54, 1.807) is 0 Å². The number of amides is 1. The van der Waals surface area contributed by atoms with Gasteiger partial charge in [0.05, 0.1) is 5.56 Å². The summed E-state index contributed by atoms with van der Waals surface area (Å²) in [5.74, 6) is 1.50. The molecule has 0 spiro atoms. The van der Waals surface area contributed by atoms with Gasteiger partial charge in [-0.3, -0.25) is 4.79 Å². The topological polar surface area (TPSA) is 32.3 Å². The van der Waals surface area contributed by atoms with E-state index < -0.39 is 0 Å². The molecule has 2 atom stereocenters. The smallest absolute Gasteiger partial charge is 0.256 e. The first kappa shape index (κ1) is 11.6. The Kier molecular flexibility index (Phi) is 2.77. The lowest BCUT2D eigenvalue weighted by molar-refractivity contribution is 0.0743. The Labute approximate surface area is 108 Å². The molecule has 0 bridgehead atoms. The van der Waals surface area contributed by atoms with Gasteiger partial charge < -0.3 is 10.2 Å². The fourth-order valence-corrected chi connectivity index (χ4v) is 3.08. The first-order chi connectivity index (χ1) is 8.66. The van der Waals surface area contributed by atoms with Crippen LogP contribution in [0.2, 0.25) is 0 Å². The summed E-state index contributed by atoms with van der Waals surface area (Å²) in [4.78, 5) is 14.6. The molecule has 1 amide bonds. The summed E-state index contributed by atoms with van der Waals surface area (Å²) in [5, 5.41) is 3.42. The van der Waals surface area contributed by atoms with Crippen molar-refractivity contribution >= 4 is 11.6 Å². The molecule has 3 nitrogen and oxygen atoms in total. The molecule has 96 valence electrons. The number of nitrogens with one attached hydrogen (secondary N) is 1. The number of anilines is 1. The van der Waals surface area contributed by atoms with Gasteiger partial charge in [-0.1, -0.05) is 26.0 Å². The summed E-state index contributed by atoms with van der Waals surface area (Å²) in [6, 6.07) is 8.20. The average Bonchev–Trinajstić information content (AvgIpc) is 2.75. The number of carbonyl (C=O) groups is 1. The lowest BCUT2D eigenvalue weighted by atomic mass is 9.93. The van der Waals surface area contributed by atoms with Crippen molar-refractivity contribution in [2.75, 3.05) is 18.4 Å². The van der Waals surface area contributed by atoms with Gasteiger partial charge in [0.15, 0.2) is 0 Å². The molecule has 0 unspecified atom stereocenters. The summed E-state index contributed by atoms with van der Waals surface area (Å²) in [7, 11) is 0. The fraction of sp³-hybridized carbons (Fsp3) is 0.533. The molecule has 2 aliphatic heterocycles. The molecule has 1 N–H and O–H groups in total. The molecule has 1 aromatic carbocycles. The monoisotopic (exact) mass is 244 g/mol. The van der Waals surface area contributed by atoms with Crippen LogP contribution >= 0.6 is 0 Å². The van der Waals surface area contributed by atoms with Gasteiger partial charge in [0.25, 0.3) is 5.91 Å². The van der Waals surface area contributed by atoms with Crippen LogP contribution in [0, 0.1) is 11.8 Å². The number of benzene rings is 1. The summed E-state index contributed by atoms with van der Waals surface area (Å²) < 4.78 is 0. The maximum Gasteiger partial charge on any atom is 0.256 e. The lowest BCUT2D eigenvalue weighted by Crippen LogP contribution is -2.37. The van der Waals surface area contributed by atoms with E-state index in [0.717, 1.165) is 30.8 Å². The summed E-state index contributed by atoms with van der Waals surface area (Å²) in [5.41, 5.74) is 1.81. The Morgan fingerprint density at radius 3 is 2.89 bits per heavy atom. The van der Waals surface area contributed by atoms with Crippen LogP contribution in [0.4, 0.5) is 5.69 Å². The molecule has 0 aliphatic carbocycles. The van der Waals surface area contributed by atoms with E-state index in [2.05, 4.69) is 24.1 Å². The minimum absolute atomic E-state index is 0.198. The van der Waals surface area contributed by atoms with Crippen molar-refractivity contribution < 1.29 is 4.79 Å². The molecule has 0 saturated carbocycles. The Morgan fingerprint density at radius 2 is 2.11 bits per heavy atom.